The van der Waals surface area contributed by atoms with Gasteiger partial charge in [0.25, 0.3) is 0 Å². The van der Waals surface area contributed by atoms with Crippen LogP contribution in [0, 0.1) is 5.82 Å². The van der Waals surface area contributed by atoms with Crippen molar-refractivity contribution in [2.24, 2.45) is 0 Å². The highest BCUT2D eigenvalue weighted by molar-refractivity contribution is 9.09. The number of hydrogen-bond acceptors (Lipinski definition) is 1. The van der Waals surface area contributed by atoms with Crippen LogP contribution in [0.5, 0.6) is 0 Å². The fourth-order valence-corrected chi connectivity index (χ4v) is 2.22. The lowest BCUT2D eigenvalue weighted by Gasteiger charge is -2.29. The van der Waals surface area contributed by atoms with Gasteiger partial charge in [-0.2, -0.15) is 0 Å². The molecule has 1 aliphatic rings. The predicted octanol–water partition coefficient (Wildman–Crippen LogP) is 2.89. The zero-order valence-corrected chi connectivity index (χ0v) is 10.5. The van der Waals surface area contributed by atoms with Gasteiger partial charge in [-0.25, -0.2) is 4.39 Å². The third-order valence-corrected chi connectivity index (χ3v) is 3.32. The average Bonchev–Trinajstić information content (AvgIpc) is 2.28. The van der Waals surface area contributed by atoms with Crippen LogP contribution in [0.4, 0.5) is 10.1 Å². The van der Waals surface area contributed by atoms with Gasteiger partial charge < -0.3 is 4.90 Å². The molecule has 2 rings (SSSR count). The van der Waals surface area contributed by atoms with E-state index in [4.69, 9.17) is 0 Å². The molecule has 0 aliphatic carbocycles. The van der Waals surface area contributed by atoms with Gasteiger partial charge in [-0.05, 0) is 30.5 Å². The number of halogens is 2. The number of amides is 1. The zero-order chi connectivity index (χ0) is 11.5. The number of fused-ring (bicyclic) bond motifs is 1. The van der Waals surface area contributed by atoms with E-state index in [0.717, 1.165) is 29.4 Å². The highest BCUT2D eigenvalue weighted by atomic mass is 79.9. The number of carbonyl (C=O) groups is 1. The Bertz CT molecular complexity index is 408. The van der Waals surface area contributed by atoms with Gasteiger partial charge in [-0.15, -0.1) is 0 Å². The van der Waals surface area contributed by atoms with E-state index in [9.17, 15) is 9.18 Å². The molecule has 1 aliphatic heterocycles. The Labute approximate surface area is 103 Å². The number of benzene rings is 1. The van der Waals surface area contributed by atoms with Gasteiger partial charge in [-0.1, -0.05) is 22.0 Å². The summed E-state index contributed by atoms with van der Waals surface area (Å²) in [6.07, 6.45) is 2.13. The molecule has 1 aromatic carbocycles. The second-order valence-corrected chi connectivity index (χ2v) is 4.65. The molecule has 16 heavy (non-hydrogen) atoms. The van der Waals surface area contributed by atoms with E-state index >= 15 is 0 Å². The molecule has 0 unspecified atom stereocenters. The number of alkyl halides is 1. The number of hydrogen-bond donors (Lipinski definition) is 0. The minimum Gasteiger partial charge on any atom is -0.312 e. The Hall–Kier alpha value is -0.900. The maximum atomic E-state index is 13.2. The van der Waals surface area contributed by atoms with Crippen molar-refractivity contribution in [3.05, 3.63) is 29.6 Å². The third-order valence-electron chi connectivity index (χ3n) is 2.76. The highest BCUT2D eigenvalue weighted by Gasteiger charge is 2.23. The predicted molar refractivity (Wildman–Crippen MR) is 65.5 cm³/mol. The summed E-state index contributed by atoms with van der Waals surface area (Å²) in [6.45, 7) is 0.653. The van der Waals surface area contributed by atoms with E-state index < -0.39 is 0 Å². The first kappa shape index (κ1) is 11.6. The maximum absolute atomic E-state index is 13.2. The lowest BCUT2D eigenvalue weighted by Crippen LogP contribution is -2.36. The molecule has 1 amide bonds. The number of anilines is 1. The molecule has 0 aromatic heterocycles. The summed E-state index contributed by atoms with van der Waals surface area (Å²) in [5, 5.41) is 0.849. The average molecular weight is 286 g/mol. The van der Waals surface area contributed by atoms with Crippen molar-refractivity contribution < 1.29 is 9.18 Å². The summed E-state index contributed by atoms with van der Waals surface area (Å²) in [5.74, 6) is -0.184. The molecule has 0 N–H and O–H groups in total. The molecule has 0 saturated carbocycles. The Kier molecular flexibility index (Phi) is 3.59. The minimum absolute atomic E-state index is 0.0963. The minimum atomic E-state index is -0.280. The largest absolute Gasteiger partial charge is 0.312 e. The second kappa shape index (κ2) is 4.95. The first-order valence-electron chi connectivity index (χ1n) is 5.37. The van der Waals surface area contributed by atoms with Crippen LogP contribution in [0.2, 0.25) is 0 Å². The molecule has 0 atom stereocenters. The second-order valence-electron chi connectivity index (χ2n) is 3.86. The SMILES string of the molecule is O=C1CCc2ccc(F)cc2N1CCCBr. The van der Waals surface area contributed by atoms with Crippen molar-refractivity contribution in [2.45, 2.75) is 19.3 Å². The third kappa shape index (κ3) is 2.26. The topological polar surface area (TPSA) is 20.3 Å². The van der Waals surface area contributed by atoms with Crippen molar-refractivity contribution in [3.8, 4) is 0 Å². The number of rotatable bonds is 3. The fraction of sp³-hybridized carbons (Fsp3) is 0.417. The molecule has 0 bridgehead atoms. The van der Waals surface area contributed by atoms with E-state index in [1.54, 1.807) is 11.0 Å². The molecule has 0 saturated heterocycles. The number of nitrogens with zero attached hydrogens (tertiary/aromatic N) is 1. The summed E-state index contributed by atoms with van der Waals surface area (Å²) in [7, 11) is 0. The Morgan fingerprint density at radius 1 is 1.38 bits per heavy atom. The number of carbonyl (C=O) groups excluding carboxylic acids is 1. The van der Waals surface area contributed by atoms with Crippen LogP contribution in [0.1, 0.15) is 18.4 Å². The van der Waals surface area contributed by atoms with Crippen LogP contribution in [-0.4, -0.2) is 17.8 Å². The van der Waals surface area contributed by atoms with E-state index in [1.807, 2.05) is 0 Å². The lowest BCUT2D eigenvalue weighted by atomic mass is 10.0. The molecule has 2 nitrogen and oxygen atoms in total. The normalized spacial score (nSPS) is 15.1. The summed E-state index contributed by atoms with van der Waals surface area (Å²) in [5.41, 5.74) is 1.81. The molecule has 1 heterocycles. The highest BCUT2D eigenvalue weighted by Crippen LogP contribution is 2.28. The van der Waals surface area contributed by atoms with Crippen LogP contribution >= 0.6 is 15.9 Å². The van der Waals surface area contributed by atoms with E-state index in [1.165, 1.54) is 12.1 Å². The maximum Gasteiger partial charge on any atom is 0.227 e. The fourth-order valence-electron chi connectivity index (χ4n) is 1.97. The summed E-state index contributed by atoms with van der Waals surface area (Å²) < 4.78 is 13.2. The van der Waals surface area contributed by atoms with Crippen LogP contribution in [0.25, 0.3) is 0 Å². The standard InChI is InChI=1S/C12H13BrFNO/c13-6-1-7-15-11-8-10(14)4-2-9(11)3-5-12(15)16/h2,4,8H,1,3,5-7H2. The molecular formula is C12H13BrFNO. The van der Waals surface area contributed by atoms with Crippen molar-refractivity contribution in [3.63, 3.8) is 0 Å². The van der Waals surface area contributed by atoms with Crippen LogP contribution in [0.3, 0.4) is 0 Å². The molecule has 0 spiro atoms. The van der Waals surface area contributed by atoms with Crippen molar-refractivity contribution >= 4 is 27.5 Å². The monoisotopic (exact) mass is 285 g/mol. The molecule has 0 radical (unpaired) electrons. The van der Waals surface area contributed by atoms with Crippen LogP contribution in [-0.2, 0) is 11.2 Å². The van der Waals surface area contributed by atoms with Crippen LogP contribution in [0.15, 0.2) is 18.2 Å². The van der Waals surface area contributed by atoms with Crippen LogP contribution < -0.4 is 4.90 Å². The molecule has 86 valence electrons. The van der Waals surface area contributed by atoms with Gasteiger partial charge in [0, 0.05) is 24.0 Å². The van der Waals surface area contributed by atoms with Gasteiger partial charge in [0.15, 0.2) is 0 Å². The van der Waals surface area contributed by atoms with Crippen molar-refractivity contribution in [1.29, 1.82) is 0 Å². The molecule has 4 heteroatoms. The lowest BCUT2D eigenvalue weighted by molar-refractivity contribution is -0.118. The van der Waals surface area contributed by atoms with E-state index in [-0.39, 0.29) is 11.7 Å². The first-order chi connectivity index (χ1) is 7.72. The Morgan fingerprint density at radius 3 is 2.94 bits per heavy atom. The summed E-state index contributed by atoms with van der Waals surface area (Å²) >= 11 is 3.34. The zero-order valence-electron chi connectivity index (χ0n) is 8.88. The first-order valence-corrected chi connectivity index (χ1v) is 6.49. The molecular weight excluding hydrogens is 273 g/mol. The van der Waals surface area contributed by atoms with Crippen molar-refractivity contribution in [1.82, 2.24) is 0 Å². The van der Waals surface area contributed by atoms with E-state index in [2.05, 4.69) is 15.9 Å². The van der Waals surface area contributed by atoms with Gasteiger partial charge >= 0.3 is 0 Å². The number of aryl methyl sites for hydroxylation is 1. The summed E-state index contributed by atoms with van der Waals surface area (Å²) in [4.78, 5) is 13.5. The molecule has 1 aromatic rings. The smallest absolute Gasteiger partial charge is 0.227 e. The van der Waals surface area contributed by atoms with E-state index in [0.29, 0.717) is 13.0 Å². The molecule has 0 fully saturated rings. The van der Waals surface area contributed by atoms with Gasteiger partial charge in [0.05, 0.1) is 0 Å². The quantitative estimate of drug-likeness (QED) is 0.782. The van der Waals surface area contributed by atoms with Gasteiger partial charge in [0.2, 0.25) is 5.91 Å². The Balaban J connectivity index is 2.31. The van der Waals surface area contributed by atoms with Gasteiger partial charge in [0.1, 0.15) is 5.82 Å². The van der Waals surface area contributed by atoms with Crippen molar-refractivity contribution in [2.75, 3.05) is 16.8 Å². The van der Waals surface area contributed by atoms with Gasteiger partial charge in [-0.3, -0.25) is 4.79 Å². The Morgan fingerprint density at radius 2 is 2.19 bits per heavy atom. The summed E-state index contributed by atoms with van der Waals surface area (Å²) in [6, 6.07) is 4.69.